The molecule has 3 aromatic rings. The van der Waals surface area contributed by atoms with Gasteiger partial charge >= 0.3 is 11.9 Å². The molecule has 3 aliphatic rings. The molecule has 0 amide bonds. The highest BCUT2D eigenvalue weighted by molar-refractivity contribution is 6.99. The predicted molar refractivity (Wildman–Crippen MR) is 199 cm³/mol. The van der Waals surface area contributed by atoms with Gasteiger partial charge in [-0.25, -0.2) is 4.79 Å². The number of esters is 2. The molecule has 3 aliphatic heterocycles. The second-order valence-corrected chi connectivity index (χ2v) is 19.8. The molecule has 6 rings (SSSR count). The molecule has 0 unspecified atom stereocenters. The minimum absolute atomic E-state index is 0.00133. The monoisotopic (exact) mass is 714 g/mol. The van der Waals surface area contributed by atoms with Gasteiger partial charge in [-0.1, -0.05) is 115 Å². The highest BCUT2D eigenvalue weighted by Gasteiger charge is 2.57. The first-order valence-corrected chi connectivity index (χ1v) is 20.5. The van der Waals surface area contributed by atoms with Crippen LogP contribution in [0.2, 0.25) is 5.04 Å². The van der Waals surface area contributed by atoms with Crippen LogP contribution in [-0.4, -0.2) is 52.5 Å². The van der Waals surface area contributed by atoms with Crippen LogP contribution in [0, 0.1) is 11.8 Å². The molecule has 3 aromatic carbocycles. The van der Waals surface area contributed by atoms with Crippen LogP contribution in [0.15, 0.2) is 66.7 Å². The normalized spacial score (nSPS) is 24.1. The third-order valence-electron chi connectivity index (χ3n) is 11.2. The average Bonchev–Trinajstić information content (AvgIpc) is 3.39. The van der Waals surface area contributed by atoms with Gasteiger partial charge in [-0.05, 0) is 52.2 Å². The van der Waals surface area contributed by atoms with E-state index in [9.17, 15) is 9.59 Å². The fourth-order valence-corrected chi connectivity index (χ4v) is 13.2. The molecule has 9 heteroatoms. The molecule has 0 aromatic heterocycles. The first-order chi connectivity index (χ1) is 24.4. The topological polar surface area (TPSA) is 89.5 Å². The Morgan fingerprint density at radius 1 is 0.980 bits per heavy atom. The highest BCUT2D eigenvalue weighted by Crippen LogP contribution is 2.56. The van der Waals surface area contributed by atoms with Crippen LogP contribution in [0.25, 0.3) is 0 Å². The fourth-order valence-electron chi connectivity index (χ4n) is 8.58. The number of ether oxygens (including phenoxy) is 5. The smallest absolute Gasteiger partial charge is 0.345 e. The predicted octanol–water partition coefficient (Wildman–Crippen LogP) is 7.69. The van der Waals surface area contributed by atoms with Crippen LogP contribution in [0.4, 0.5) is 0 Å². The average molecular weight is 715 g/mol. The summed E-state index contributed by atoms with van der Waals surface area (Å²) < 4.78 is 38.5. The van der Waals surface area contributed by atoms with E-state index in [1.165, 1.54) is 24.4 Å². The largest absolute Gasteiger partial charge is 0.465 e. The number of carbonyl (C=O) groups is 2. The van der Waals surface area contributed by atoms with Crippen molar-refractivity contribution in [2.75, 3.05) is 20.3 Å². The number of methoxy groups -OCH3 is 1. The summed E-state index contributed by atoms with van der Waals surface area (Å²) in [7, 11) is -1.39. The van der Waals surface area contributed by atoms with Gasteiger partial charge < -0.3 is 28.1 Å². The van der Waals surface area contributed by atoms with Crippen molar-refractivity contribution in [1.82, 2.24) is 0 Å². The quantitative estimate of drug-likeness (QED) is 0.0817. The van der Waals surface area contributed by atoms with Crippen molar-refractivity contribution in [3.8, 4) is 11.5 Å². The first-order valence-electron chi connectivity index (χ1n) is 18.6. The minimum Gasteiger partial charge on any atom is -0.465 e. The lowest BCUT2D eigenvalue weighted by Crippen LogP contribution is -2.66. The Morgan fingerprint density at radius 3 is 2.24 bits per heavy atom. The maximum atomic E-state index is 13.4. The van der Waals surface area contributed by atoms with Crippen LogP contribution < -0.4 is 19.8 Å². The van der Waals surface area contributed by atoms with Crippen LogP contribution >= 0.6 is 0 Å². The summed E-state index contributed by atoms with van der Waals surface area (Å²) in [5, 5.41) is 2.37. The molecule has 3 heterocycles. The zero-order valence-corrected chi connectivity index (χ0v) is 32.3. The summed E-state index contributed by atoms with van der Waals surface area (Å²) in [4.78, 5) is 25.6. The van der Waals surface area contributed by atoms with E-state index in [-0.39, 0.29) is 40.4 Å². The molecule has 274 valence electrons. The molecule has 5 atom stereocenters. The Labute approximate surface area is 304 Å². The lowest BCUT2D eigenvalue weighted by atomic mass is 9.79. The standard InChI is InChI=1S/C42H54O8Si/c1-8-9-12-17-32-24-31-25-35(48-29(3)43)38(40(44)45-7)39-37(31)36(49-32)26-42(50-39)28(2)30(27-46-42)22-23-47-51(41(4,5)6,33-18-13-10-14-19-33)34-20-15-11-16-21-34/h10-11,13-16,18-21,25,28,30,32,36H,8-9,12,17,22-24,26-27H2,1-7H3/t28-,30+,32+,36-,42-/m0/s1. The third kappa shape index (κ3) is 7.15. The Kier molecular flexibility index (Phi) is 11.1. The first kappa shape index (κ1) is 37.3. The summed E-state index contributed by atoms with van der Waals surface area (Å²) >= 11 is 0. The van der Waals surface area contributed by atoms with Gasteiger partial charge in [0, 0.05) is 31.4 Å². The Bertz CT molecular complexity index is 1650. The van der Waals surface area contributed by atoms with Gasteiger partial charge in [0.05, 0.1) is 25.9 Å². The summed E-state index contributed by atoms with van der Waals surface area (Å²) in [6.07, 6.45) is 5.82. The summed E-state index contributed by atoms with van der Waals surface area (Å²) in [5.74, 6) is -1.63. The molecule has 0 N–H and O–H groups in total. The van der Waals surface area contributed by atoms with Crippen molar-refractivity contribution >= 4 is 30.6 Å². The number of carbonyl (C=O) groups excluding carboxylic acids is 2. The van der Waals surface area contributed by atoms with E-state index in [1.54, 1.807) is 6.07 Å². The number of unbranched alkanes of at least 4 members (excludes halogenated alkanes) is 2. The molecule has 0 bridgehead atoms. The zero-order valence-electron chi connectivity index (χ0n) is 31.3. The Hall–Kier alpha value is -3.50. The van der Waals surface area contributed by atoms with E-state index in [0.29, 0.717) is 31.8 Å². The fraction of sp³-hybridized carbons (Fsp3) is 0.524. The molecule has 1 spiro atoms. The van der Waals surface area contributed by atoms with E-state index in [2.05, 4.69) is 95.3 Å². The van der Waals surface area contributed by atoms with Crippen molar-refractivity contribution < 1.29 is 37.7 Å². The summed E-state index contributed by atoms with van der Waals surface area (Å²) in [6, 6.07) is 23.2. The van der Waals surface area contributed by atoms with E-state index in [4.69, 9.17) is 28.1 Å². The number of rotatable bonds is 12. The SMILES string of the molecule is CCCCC[C@@H]1Cc2cc(OC(C)=O)c(C(=O)OC)c3c2[C@H](C[C@]2(OC[C@@H](CCO[Si](c4ccccc4)(c4ccccc4)C(C)(C)C)[C@@H]2C)O3)O1. The van der Waals surface area contributed by atoms with Gasteiger partial charge in [-0.2, -0.15) is 0 Å². The van der Waals surface area contributed by atoms with Crippen molar-refractivity contribution in [3.63, 3.8) is 0 Å². The molecule has 51 heavy (non-hydrogen) atoms. The van der Waals surface area contributed by atoms with Gasteiger partial charge in [-0.15, -0.1) is 0 Å². The highest BCUT2D eigenvalue weighted by atomic mass is 28.4. The van der Waals surface area contributed by atoms with Crippen LogP contribution in [0.1, 0.15) is 108 Å². The van der Waals surface area contributed by atoms with Crippen molar-refractivity contribution in [3.05, 3.63) is 83.4 Å². The van der Waals surface area contributed by atoms with Crippen LogP contribution in [0.5, 0.6) is 11.5 Å². The Morgan fingerprint density at radius 2 is 1.65 bits per heavy atom. The van der Waals surface area contributed by atoms with E-state index in [1.807, 2.05) is 0 Å². The minimum atomic E-state index is -2.71. The zero-order chi connectivity index (χ0) is 36.4. The summed E-state index contributed by atoms with van der Waals surface area (Å²) in [5.41, 5.74) is 1.90. The molecule has 1 saturated heterocycles. The second-order valence-electron chi connectivity index (χ2n) is 15.5. The molecule has 8 nitrogen and oxygen atoms in total. The maximum absolute atomic E-state index is 13.4. The van der Waals surface area contributed by atoms with E-state index in [0.717, 1.165) is 43.2 Å². The van der Waals surface area contributed by atoms with Gasteiger partial charge in [0.2, 0.25) is 5.79 Å². The molecule has 1 fully saturated rings. The number of benzene rings is 3. The molecule has 0 aliphatic carbocycles. The molecule has 0 saturated carbocycles. The van der Waals surface area contributed by atoms with Gasteiger partial charge in [0.25, 0.3) is 8.32 Å². The van der Waals surface area contributed by atoms with E-state index < -0.39 is 26.0 Å². The summed E-state index contributed by atoms with van der Waals surface area (Å²) in [6.45, 7) is 13.6. The van der Waals surface area contributed by atoms with Gasteiger partial charge in [0.1, 0.15) is 17.1 Å². The van der Waals surface area contributed by atoms with Crippen LogP contribution in [-0.2, 0) is 29.9 Å². The third-order valence-corrected chi connectivity index (χ3v) is 16.2. The molecular formula is C42H54O8Si. The maximum Gasteiger partial charge on any atom is 0.345 e. The molecular weight excluding hydrogens is 661 g/mol. The lowest BCUT2D eigenvalue weighted by molar-refractivity contribution is -0.214. The van der Waals surface area contributed by atoms with E-state index >= 15 is 0 Å². The number of hydrogen-bond donors (Lipinski definition) is 0. The van der Waals surface area contributed by atoms with Crippen molar-refractivity contribution in [1.29, 1.82) is 0 Å². The number of hydrogen-bond acceptors (Lipinski definition) is 8. The molecule has 0 radical (unpaired) electrons. The van der Waals surface area contributed by atoms with Gasteiger partial charge in [-0.3, -0.25) is 4.79 Å². The van der Waals surface area contributed by atoms with Gasteiger partial charge in [0.15, 0.2) is 0 Å². The lowest BCUT2D eigenvalue weighted by Gasteiger charge is -2.46. The van der Waals surface area contributed by atoms with Crippen molar-refractivity contribution in [2.24, 2.45) is 11.8 Å². The van der Waals surface area contributed by atoms with Crippen molar-refractivity contribution in [2.45, 2.75) is 110 Å². The second kappa shape index (κ2) is 15.2. The Balaban J connectivity index is 1.30. The van der Waals surface area contributed by atoms with Crippen LogP contribution in [0.3, 0.4) is 0 Å².